The van der Waals surface area contributed by atoms with Gasteiger partial charge >= 0.3 is 5.69 Å². The Labute approximate surface area is 152 Å². The largest absolute Gasteiger partial charge is 0.493 e. The summed E-state index contributed by atoms with van der Waals surface area (Å²) < 4.78 is 5.19. The second kappa shape index (κ2) is 7.95. The Balaban J connectivity index is 0.000000166. The standard InChI is InChI=1S/C12H13N3O.C5H4N4O2/c1-16-11-8-14-12(13)15-10(11)7-9-5-3-2-4-6-9;10-4-2-3(7-1-6-2)8-5(11)9-4/h2-6,8H,7H2,1H3,(H2,13,14,15);1H,(H3,6,7,8,9,10,11). The third kappa shape index (κ3) is 4.37. The van der Waals surface area contributed by atoms with Gasteiger partial charge in [0.25, 0.3) is 5.56 Å². The summed E-state index contributed by atoms with van der Waals surface area (Å²) in [5.74, 6) is 0.935. The van der Waals surface area contributed by atoms with Gasteiger partial charge in [0.15, 0.2) is 11.4 Å². The van der Waals surface area contributed by atoms with Gasteiger partial charge < -0.3 is 15.5 Å². The van der Waals surface area contributed by atoms with Gasteiger partial charge in [-0.2, -0.15) is 0 Å². The molecule has 0 saturated heterocycles. The molecule has 0 spiro atoms. The number of aromatic amines is 3. The molecule has 0 atom stereocenters. The lowest BCUT2D eigenvalue weighted by Crippen LogP contribution is -2.21. The zero-order chi connectivity index (χ0) is 19.2. The van der Waals surface area contributed by atoms with Crippen LogP contribution in [0.5, 0.6) is 5.75 Å². The number of aromatic nitrogens is 6. The van der Waals surface area contributed by atoms with E-state index in [1.165, 1.54) is 11.9 Å². The van der Waals surface area contributed by atoms with Gasteiger partial charge in [-0.1, -0.05) is 30.3 Å². The van der Waals surface area contributed by atoms with Crippen LogP contribution in [0.3, 0.4) is 0 Å². The molecular weight excluding hydrogens is 350 g/mol. The number of rotatable bonds is 3. The van der Waals surface area contributed by atoms with E-state index in [1.54, 1.807) is 13.3 Å². The van der Waals surface area contributed by atoms with Gasteiger partial charge in [0.05, 0.1) is 25.3 Å². The van der Waals surface area contributed by atoms with Crippen LogP contribution in [0.25, 0.3) is 11.2 Å². The van der Waals surface area contributed by atoms with Crippen LogP contribution in [0.15, 0.2) is 52.4 Å². The predicted octanol–water partition coefficient (Wildman–Crippen LogP) is 0.598. The summed E-state index contributed by atoms with van der Waals surface area (Å²) in [6.07, 6.45) is 3.63. The summed E-state index contributed by atoms with van der Waals surface area (Å²) in [6.45, 7) is 0. The maximum Gasteiger partial charge on any atom is 0.327 e. The summed E-state index contributed by atoms with van der Waals surface area (Å²) in [4.78, 5) is 40.3. The molecule has 4 aromatic rings. The molecule has 27 heavy (non-hydrogen) atoms. The molecule has 0 unspecified atom stereocenters. The average Bonchev–Trinajstić information content (AvgIpc) is 3.12. The summed E-state index contributed by atoms with van der Waals surface area (Å²) in [5.41, 5.74) is 7.09. The third-order valence-electron chi connectivity index (χ3n) is 3.61. The molecule has 0 saturated carbocycles. The molecule has 3 heterocycles. The van der Waals surface area contributed by atoms with Crippen molar-refractivity contribution in [1.29, 1.82) is 0 Å². The van der Waals surface area contributed by atoms with Gasteiger partial charge in [-0.15, -0.1) is 0 Å². The Morgan fingerprint density at radius 3 is 2.63 bits per heavy atom. The third-order valence-corrected chi connectivity index (χ3v) is 3.61. The minimum Gasteiger partial charge on any atom is -0.493 e. The quantitative estimate of drug-likeness (QED) is 0.413. The maximum atomic E-state index is 10.9. The lowest BCUT2D eigenvalue weighted by molar-refractivity contribution is 0.406. The van der Waals surface area contributed by atoms with Crippen molar-refractivity contribution in [2.75, 3.05) is 12.8 Å². The van der Waals surface area contributed by atoms with Gasteiger partial charge in [-0.05, 0) is 5.56 Å². The number of nitrogen functional groups attached to an aromatic ring is 1. The normalized spacial score (nSPS) is 10.3. The van der Waals surface area contributed by atoms with Crippen molar-refractivity contribution in [3.05, 3.63) is 75.0 Å². The first-order valence-corrected chi connectivity index (χ1v) is 7.92. The van der Waals surface area contributed by atoms with Gasteiger partial charge in [-0.25, -0.2) is 19.7 Å². The topological polar surface area (TPSA) is 155 Å². The molecule has 0 aliphatic rings. The molecule has 10 heteroatoms. The molecule has 0 radical (unpaired) electrons. The molecule has 0 aliphatic heterocycles. The lowest BCUT2D eigenvalue weighted by Gasteiger charge is -2.07. The first-order chi connectivity index (χ1) is 13.1. The van der Waals surface area contributed by atoms with E-state index < -0.39 is 11.2 Å². The van der Waals surface area contributed by atoms with Crippen molar-refractivity contribution >= 4 is 17.1 Å². The number of nitrogens with zero attached hydrogens (tertiary/aromatic N) is 3. The number of nitrogens with one attached hydrogen (secondary N) is 3. The molecule has 0 bridgehead atoms. The molecule has 1 aromatic carbocycles. The smallest absolute Gasteiger partial charge is 0.327 e. The summed E-state index contributed by atoms with van der Waals surface area (Å²) in [6, 6.07) is 10.0. The summed E-state index contributed by atoms with van der Waals surface area (Å²) in [7, 11) is 1.60. The van der Waals surface area contributed by atoms with Crippen LogP contribution in [0, 0.1) is 0 Å². The van der Waals surface area contributed by atoms with E-state index in [-0.39, 0.29) is 17.1 Å². The van der Waals surface area contributed by atoms with E-state index in [1.807, 2.05) is 30.3 Å². The number of imidazole rings is 1. The van der Waals surface area contributed by atoms with Crippen LogP contribution >= 0.6 is 0 Å². The Kier molecular flexibility index (Phi) is 5.26. The maximum absolute atomic E-state index is 10.9. The highest BCUT2D eigenvalue weighted by molar-refractivity contribution is 5.67. The molecular formula is C17H17N7O3. The SMILES string of the molecule is COc1cnc(N)nc1Cc1ccccc1.O=c1[nH]c(=O)c2[nH]cnc2[nH]1. The number of benzene rings is 1. The number of nitrogens with two attached hydrogens (primary N) is 1. The highest BCUT2D eigenvalue weighted by Crippen LogP contribution is 2.18. The van der Waals surface area contributed by atoms with E-state index in [0.29, 0.717) is 12.2 Å². The summed E-state index contributed by atoms with van der Waals surface area (Å²) >= 11 is 0. The highest BCUT2D eigenvalue weighted by Gasteiger charge is 2.07. The fraction of sp³-hybridized carbons (Fsp3) is 0.118. The molecule has 0 fully saturated rings. The van der Waals surface area contributed by atoms with Crippen molar-refractivity contribution in [2.45, 2.75) is 6.42 Å². The molecule has 0 aliphatic carbocycles. The van der Waals surface area contributed by atoms with Gasteiger partial charge in [0.1, 0.15) is 5.52 Å². The Bertz CT molecular complexity index is 1150. The summed E-state index contributed by atoms with van der Waals surface area (Å²) in [5, 5.41) is 0. The van der Waals surface area contributed by atoms with Crippen LogP contribution < -0.4 is 21.7 Å². The number of hydrogen-bond donors (Lipinski definition) is 4. The van der Waals surface area contributed by atoms with Crippen molar-refractivity contribution in [3.8, 4) is 5.75 Å². The fourth-order valence-electron chi connectivity index (χ4n) is 2.37. The van der Waals surface area contributed by atoms with Crippen LogP contribution in [-0.4, -0.2) is 37.0 Å². The fourth-order valence-corrected chi connectivity index (χ4v) is 2.37. The van der Waals surface area contributed by atoms with Crippen LogP contribution in [0.4, 0.5) is 5.95 Å². The van der Waals surface area contributed by atoms with E-state index >= 15 is 0 Å². The zero-order valence-electron chi connectivity index (χ0n) is 14.4. The van der Waals surface area contributed by atoms with E-state index in [4.69, 9.17) is 10.5 Å². The van der Waals surface area contributed by atoms with Crippen molar-refractivity contribution in [2.24, 2.45) is 0 Å². The molecule has 0 amide bonds. The van der Waals surface area contributed by atoms with E-state index in [2.05, 4.69) is 29.9 Å². The van der Waals surface area contributed by atoms with Crippen LogP contribution in [0.2, 0.25) is 0 Å². The Morgan fingerprint density at radius 1 is 1.11 bits per heavy atom. The average molecular weight is 367 g/mol. The molecule has 4 rings (SSSR count). The highest BCUT2D eigenvalue weighted by atomic mass is 16.5. The minimum absolute atomic E-state index is 0.270. The predicted molar refractivity (Wildman–Crippen MR) is 99.6 cm³/mol. The van der Waals surface area contributed by atoms with Gasteiger partial charge in [-0.3, -0.25) is 14.8 Å². The molecule has 3 aromatic heterocycles. The number of fused-ring (bicyclic) bond motifs is 1. The number of hydrogen-bond acceptors (Lipinski definition) is 7. The second-order valence-corrected chi connectivity index (χ2v) is 5.44. The van der Waals surface area contributed by atoms with Crippen molar-refractivity contribution < 1.29 is 4.74 Å². The first kappa shape index (κ1) is 17.9. The number of H-pyrrole nitrogens is 3. The monoisotopic (exact) mass is 367 g/mol. The van der Waals surface area contributed by atoms with Crippen molar-refractivity contribution in [3.63, 3.8) is 0 Å². The van der Waals surface area contributed by atoms with Gasteiger partial charge in [0, 0.05) is 6.42 Å². The van der Waals surface area contributed by atoms with E-state index in [9.17, 15) is 9.59 Å². The number of methoxy groups -OCH3 is 1. The number of ether oxygens (including phenoxy) is 1. The molecule has 5 N–H and O–H groups in total. The van der Waals surface area contributed by atoms with Crippen molar-refractivity contribution in [1.82, 2.24) is 29.9 Å². The lowest BCUT2D eigenvalue weighted by atomic mass is 10.1. The number of anilines is 1. The Morgan fingerprint density at radius 2 is 1.89 bits per heavy atom. The van der Waals surface area contributed by atoms with Crippen LogP contribution in [0.1, 0.15) is 11.3 Å². The zero-order valence-corrected chi connectivity index (χ0v) is 14.4. The van der Waals surface area contributed by atoms with Crippen LogP contribution in [-0.2, 0) is 6.42 Å². The molecule has 138 valence electrons. The Hall–Kier alpha value is -3.95. The minimum atomic E-state index is -0.547. The van der Waals surface area contributed by atoms with E-state index in [0.717, 1.165) is 5.69 Å². The molecule has 10 nitrogen and oxygen atoms in total. The van der Waals surface area contributed by atoms with Gasteiger partial charge in [0.2, 0.25) is 5.95 Å². The second-order valence-electron chi connectivity index (χ2n) is 5.44. The first-order valence-electron chi connectivity index (χ1n) is 7.92.